The van der Waals surface area contributed by atoms with Crippen molar-refractivity contribution in [1.82, 2.24) is 15.4 Å². The van der Waals surface area contributed by atoms with E-state index in [9.17, 15) is 27.0 Å². The highest BCUT2D eigenvalue weighted by Gasteiger charge is 2.50. The van der Waals surface area contributed by atoms with E-state index in [2.05, 4.69) is 20.1 Å². The zero-order chi connectivity index (χ0) is 38.7. The Bertz CT molecular complexity index is 2200. The lowest BCUT2D eigenvalue weighted by Crippen LogP contribution is -2.36. The summed E-state index contributed by atoms with van der Waals surface area (Å²) in [7, 11) is -3.32. The molecule has 2 amide bonds. The molecule has 2 aliphatic rings. The number of anilines is 2. The Hall–Kier alpha value is -4.83. The topological polar surface area (TPSA) is 175 Å². The number of carbonyl (C=O) groups excluding carboxylic acids is 3. The predicted molar refractivity (Wildman–Crippen MR) is 208 cm³/mol. The third-order valence-electron chi connectivity index (χ3n) is 9.03. The van der Waals surface area contributed by atoms with Crippen LogP contribution in [0.5, 0.6) is 5.75 Å². The third-order valence-corrected chi connectivity index (χ3v) is 10.8. The van der Waals surface area contributed by atoms with Gasteiger partial charge in [-0.2, -0.15) is 4.21 Å². The molecule has 16 heteroatoms. The number of hydrogen-bond acceptors (Lipinski definition) is 9. The Morgan fingerprint density at radius 2 is 1.77 bits per heavy atom. The number of allylic oxidation sites excluding steroid dienone is 2. The minimum absolute atomic E-state index is 0.0794. The van der Waals surface area contributed by atoms with Gasteiger partial charge in [-0.3, -0.25) is 19.1 Å². The van der Waals surface area contributed by atoms with Crippen LogP contribution in [0.25, 0.3) is 0 Å². The van der Waals surface area contributed by atoms with E-state index in [0.717, 1.165) is 23.1 Å². The van der Waals surface area contributed by atoms with Gasteiger partial charge in [0.05, 0.1) is 45.2 Å². The highest BCUT2D eigenvalue weighted by molar-refractivity contribution is 7.88. The smallest absolute Gasteiger partial charge is 0.316 e. The van der Waals surface area contributed by atoms with E-state index >= 15 is 0 Å². The van der Waals surface area contributed by atoms with Crippen LogP contribution in [0, 0.1) is 19.3 Å². The van der Waals surface area contributed by atoms with Crippen molar-refractivity contribution in [2.24, 2.45) is 10.4 Å². The number of rotatable bonds is 14. The molecule has 0 saturated carbocycles. The first-order valence-corrected chi connectivity index (χ1v) is 20.1. The number of aliphatic imine (C=N–C) groups is 1. The van der Waals surface area contributed by atoms with Crippen LogP contribution in [-0.2, 0) is 30.9 Å². The second-order valence-electron chi connectivity index (χ2n) is 12.9. The molecule has 0 bridgehead atoms. The van der Waals surface area contributed by atoms with Gasteiger partial charge in [-0.25, -0.2) is 18.1 Å². The highest BCUT2D eigenvalue weighted by atomic mass is 35.5. The molecule has 0 radical (unpaired) electrons. The zero-order valence-electron chi connectivity index (χ0n) is 30.1. The molecule has 2 unspecified atom stereocenters. The van der Waals surface area contributed by atoms with Gasteiger partial charge >= 0.3 is 11.3 Å². The molecule has 4 N–H and O–H groups in total. The molecule has 0 spiro atoms. The fraction of sp³-hybridized carbons (Fsp3) is 0.297. The molecule has 0 fully saturated rings. The number of halogens is 1. The van der Waals surface area contributed by atoms with Gasteiger partial charge < -0.3 is 19.7 Å². The number of aryl methyl sites for hydroxylation is 2. The van der Waals surface area contributed by atoms with Crippen molar-refractivity contribution in [3.05, 3.63) is 105 Å². The summed E-state index contributed by atoms with van der Waals surface area (Å²) in [5, 5.41) is 5.73. The number of benzene rings is 3. The van der Waals surface area contributed by atoms with E-state index in [-0.39, 0.29) is 51.4 Å². The van der Waals surface area contributed by atoms with Crippen molar-refractivity contribution >= 4 is 73.3 Å². The second-order valence-corrected chi connectivity index (χ2v) is 16.0. The van der Waals surface area contributed by atoms with Crippen molar-refractivity contribution < 1.29 is 31.2 Å². The third kappa shape index (κ3) is 9.04. The molecule has 1 aliphatic heterocycles. The predicted octanol–water partition coefficient (Wildman–Crippen LogP) is 5.17. The molecule has 13 nitrogen and oxygen atoms in total. The van der Waals surface area contributed by atoms with E-state index in [4.69, 9.17) is 20.8 Å². The van der Waals surface area contributed by atoms with E-state index in [0.29, 0.717) is 30.9 Å². The number of nitrogens with one attached hydrogen (secondary N) is 4. The Labute approximate surface area is 316 Å². The number of sulfonamides is 1. The molecule has 1 heterocycles. The summed E-state index contributed by atoms with van der Waals surface area (Å²) >= 11 is 4.31. The molecular weight excluding hydrogens is 740 g/mol. The fourth-order valence-corrected chi connectivity index (χ4v) is 7.20. The van der Waals surface area contributed by atoms with Gasteiger partial charge in [0.2, 0.25) is 21.7 Å². The van der Waals surface area contributed by atoms with Crippen LogP contribution >= 0.6 is 11.6 Å². The molecule has 1 aliphatic carbocycles. The fourth-order valence-electron chi connectivity index (χ4n) is 5.85. The van der Waals surface area contributed by atoms with E-state index in [1.807, 2.05) is 49.9 Å². The molecule has 5 rings (SSSR count). The first kappa shape index (κ1) is 39.4. The first-order chi connectivity index (χ1) is 25.0. The van der Waals surface area contributed by atoms with E-state index in [1.54, 1.807) is 32.0 Å². The second kappa shape index (κ2) is 16.0. The van der Waals surface area contributed by atoms with Gasteiger partial charge in [-0.15, -0.1) is 0 Å². The molecule has 0 aromatic heterocycles. The van der Waals surface area contributed by atoms with Crippen molar-refractivity contribution in [3.8, 4) is 5.75 Å². The Morgan fingerprint density at radius 1 is 1.06 bits per heavy atom. The maximum Gasteiger partial charge on any atom is 0.316 e. The van der Waals surface area contributed by atoms with Gasteiger partial charge in [0.15, 0.2) is 0 Å². The molecule has 2 atom stereocenters. The number of amides is 2. The molecule has 0 saturated heterocycles. The minimum atomic E-state index is -3.32. The molecule has 53 heavy (non-hydrogen) atoms. The first-order valence-electron chi connectivity index (χ1n) is 16.8. The summed E-state index contributed by atoms with van der Waals surface area (Å²) in [5.74, 6) is -1.16. The summed E-state index contributed by atoms with van der Waals surface area (Å²) in [6.45, 7) is 10.6. The standard InChI is InChI=1S/C37H41ClN6O7S2/c1-7-37(5)32-33(42-36(37)47)30(40-28-16-12-25(19-23(28)4)44(8-2)18-17-39-53(6,49)50)21-31(34(32)45)41-35(46)24-11-15-27(38)29(20-24)43-52(48)51-26-13-9-22(3)10-14-26/h9-16,19-21,39,43H,7-8,17-18H2,1-6H3,(H,41,46)(H,42,47). The van der Waals surface area contributed by atoms with Crippen molar-refractivity contribution in [1.29, 1.82) is 0 Å². The average molecular weight is 781 g/mol. The van der Waals surface area contributed by atoms with E-state index in [1.165, 1.54) is 24.3 Å². The normalized spacial score (nSPS) is 18.3. The summed E-state index contributed by atoms with van der Waals surface area (Å²) in [6.07, 6.45) is 2.87. The van der Waals surface area contributed by atoms with Crippen LogP contribution in [0.1, 0.15) is 48.7 Å². The van der Waals surface area contributed by atoms with Gasteiger partial charge in [-0.05, 0) is 94.3 Å². The number of Topliss-reactive ketones (excluding diaryl/α,β-unsaturated/α-hetero) is 1. The van der Waals surface area contributed by atoms with Crippen LogP contribution in [0.2, 0.25) is 5.02 Å². The lowest BCUT2D eigenvalue weighted by atomic mass is 9.76. The zero-order valence-corrected chi connectivity index (χ0v) is 32.5. The van der Waals surface area contributed by atoms with Crippen LogP contribution in [0.15, 0.2) is 88.7 Å². The maximum atomic E-state index is 14.0. The van der Waals surface area contributed by atoms with Crippen molar-refractivity contribution in [3.63, 3.8) is 0 Å². The average Bonchev–Trinajstić information content (AvgIpc) is 3.38. The quantitative estimate of drug-likeness (QED) is 0.162. The molecule has 280 valence electrons. The summed E-state index contributed by atoms with van der Waals surface area (Å²) in [6, 6.07) is 16.9. The molecular formula is C37H41ClN6O7S2. The van der Waals surface area contributed by atoms with Crippen LogP contribution in [0.3, 0.4) is 0 Å². The van der Waals surface area contributed by atoms with Gasteiger partial charge in [0, 0.05) is 36.5 Å². The summed E-state index contributed by atoms with van der Waals surface area (Å²) in [4.78, 5) is 47.8. The SMILES string of the molecule is CCN(CCNS(C)(=O)=O)c1ccc(N=C2C=C(NC(=O)c3ccc(Cl)c(NS(=O)Oc4ccc(C)cc4)c3)C(=O)C3=C2NC(=O)C3(C)CC)c(C)c1. The maximum absolute atomic E-state index is 14.0. The monoisotopic (exact) mass is 780 g/mol. The Balaban J connectivity index is 1.43. The van der Waals surface area contributed by atoms with Crippen molar-refractivity contribution in [2.75, 3.05) is 35.5 Å². The molecule has 3 aromatic rings. The minimum Gasteiger partial charge on any atom is -0.385 e. The number of nitrogens with zero attached hydrogens (tertiary/aromatic N) is 2. The summed E-state index contributed by atoms with van der Waals surface area (Å²) < 4.78 is 46.4. The lowest BCUT2D eigenvalue weighted by molar-refractivity contribution is -0.127. The number of hydrogen-bond donors (Lipinski definition) is 4. The van der Waals surface area contributed by atoms with Crippen LogP contribution < -0.4 is 29.2 Å². The Morgan fingerprint density at radius 3 is 2.42 bits per heavy atom. The van der Waals surface area contributed by atoms with Gasteiger partial charge in [0.1, 0.15) is 5.75 Å². The summed E-state index contributed by atoms with van der Waals surface area (Å²) in [5.41, 5.74) is 3.00. The number of ketones is 1. The Kier molecular flexibility index (Phi) is 11.9. The highest BCUT2D eigenvalue weighted by Crippen LogP contribution is 2.42. The van der Waals surface area contributed by atoms with Gasteiger partial charge in [-0.1, -0.05) is 36.2 Å². The lowest BCUT2D eigenvalue weighted by Gasteiger charge is -2.25. The van der Waals surface area contributed by atoms with Gasteiger partial charge in [0.25, 0.3) is 5.91 Å². The molecule has 3 aromatic carbocycles. The van der Waals surface area contributed by atoms with Crippen LogP contribution in [-0.4, -0.2) is 61.8 Å². The van der Waals surface area contributed by atoms with E-state index < -0.39 is 38.4 Å². The largest absolute Gasteiger partial charge is 0.385 e. The van der Waals surface area contributed by atoms with Crippen molar-refractivity contribution in [2.45, 2.75) is 41.0 Å². The number of likely N-dealkylation sites (N-methyl/N-ethyl adjacent to an activating group) is 1. The van der Waals surface area contributed by atoms with Crippen LogP contribution in [0.4, 0.5) is 17.1 Å². The number of carbonyl (C=O) groups is 3.